The summed E-state index contributed by atoms with van der Waals surface area (Å²) in [6.07, 6.45) is 4.53. The number of pyridine rings is 1. The van der Waals surface area contributed by atoms with Crippen molar-refractivity contribution < 1.29 is 9.90 Å². The second-order valence-corrected chi connectivity index (χ2v) is 5.41. The lowest BCUT2D eigenvalue weighted by Gasteiger charge is -2.35. The van der Waals surface area contributed by atoms with Gasteiger partial charge in [0.15, 0.2) is 0 Å². The summed E-state index contributed by atoms with van der Waals surface area (Å²) in [5, 5.41) is 12.7. The molecule has 0 radical (unpaired) electrons. The van der Waals surface area contributed by atoms with Gasteiger partial charge in [-0.3, -0.25) is 0 Å². The Morgan fingerprint density at radius 3 is 2.85 bits per heavy atom. The Labute approximate surface area is 123 Å². The maximum absolute atomic E-state index is 11.2. The predicted molar refractivity (Wildman–Crippen MR) is 79.7 cm³/mol. The first-order chi connectivity index (χ1) is 9.63. The molecular weight excluding hydrogens is 278 g/mol. The van der Waals surface area contributed by atoms with E-state index in [2.05, 4.69) is 22.1 Å². The summed E-state index contributed by atoms with van der Waals surface area (Å²) in [6.45, 7) is 4.97. The molecule has 2 N–H and O–H groups in total. The van der Waals surface area contributed by atoms with E-state index in [-0.39, 0.29) is 10.6 Å². The zero-order valence-corrected chi connectivity index (χ0v) is 12.4. The van der Waals surface area contributed by atoms with E-state index in [4.69, 9.17) is 11.6 Å². The van der Waals surface area contributed by atoms with Gasteiger partial charge in [-0.1, -0.05) is 18.5 Å². The molecule has 5 nitrogen and oxygen atoms in total. The molecule has 1 fully saturated rings. The molecule has 0 aromatic carbocycles. The number of anilines is 1. The van der Waals surface area contributed by atoms with Crippen LogP contribution in [0, 0.1) is 0 Å². The molecule has 0 spiro atoms. The molecule has 1 aliphatic heterocycles. The molecule has 6 heteroatoms. The number of halogens is 1. The van der Waals surface area contributed by atoms with Gasteiger partial charge in [0.25, 0.3) is 0 Å². The molecule has 1 aromatic rings. The van der Waals surface area contributed by atoms with Crippen molar-refractivity contribution in [3.8, 4) is 0 Å². The molecule has 1 aromatic heterocycles. The predicted octanol–water partition coefficient (Wildman–Crippen LogP) is 2.40. The SMILES string of the molecule is CCCN(c1cc(C(=O)O)c(Cl)cn1)C1CCNCC1. The van der Waals surface area contributed by atoms with Crippen molar-refractivity contribution in [2.24, 2.45) is 0 Å². The summed E-state index contributed by atoms with van der Waals surface area (Å²) < 4.78 is 0. The minimum Gasteiger partial charge on any atom is -0.478 e. The lowest BCUT2D eigenvalue weighted by molar-refractivity contribution is 0.0697. The first-order valence-corrected chi connectivity index (χ1v) is 7.37. The number of hydrogen-bond donors (Lipinski definition) is 2. The van der Waals surface area contributed by atoms with Crippen LogP contribution in [-0.2, 0) is 0 Å². The van der Waals surface area contributed by atoms with E-state index < -0.39 is 5.97 Å². The second kappa shape index (κ2) is 6.90. The Morgan fingerprint density at radius 1 is 1.55 bits per heavy atom. The monoisotopic (exact) mass is 297 g/mol. The van der Waals surface area contributed by atoms with Gasteiger partial charge in [-0.05, 0) is 38.4 Å². The number of rotatable bonds is 5. The van der Waals surface area contributed by atoms with E-state index >= 15 is 0 Å². The molecule has 1 aliphatic rings. The van der Waals surface area contributed by atoms with E-state index in [1.807, 2.05) is 0 Å². The van der Waals surface area contributed by atoms with E-state index in [1.54, 1.807) is 6.07 Å². The number of hydrogen-bond acceptors (Lipinski definition) is 4. The normalized spacial score (nSPS) is 16.1. The number of piperidine rings is 1. The molecule has 2 heterocycles. The highest BCUT2D eigenvalue weighted by atomic mass is 35.5. The summed E-state index contributed by atoms with van der Waals surface area (Å²) in [6, 6.07) is 1.99. The number of carboxylic acid groups (broad SMARTS) is 1. The molecule has 110 valence electrons. The van der Waals surface area contributed by atoms with Crippen molar-refractivity contribution in [3.05, 3.63) is 22.8 Å². The Bertz CT molecular complexity index is 475. The summed E-state index contributed by atoms with van der Waals surface area (Å²) in [7, 11) is 0. The van der Waals surface area contributed by atoms with E-state index in [0.717, 1.165) is 38.9 Å². The van der Waals surface area contributed by atoms with Crippen LogP contribution in [0.4, 0.5) is 5.82 Å². The molecule has 0 amide bonds. The van der Waals surface area contributed by atoms with Gasteiger partial charge >= 0.3 is 5.97 Å². The maximum atomic E-state index is 11.2. The lowest BCUT2D eigenvalue weighted by atomic mass is 10.0. The third kappa shape index (κ3) is 3.41. The molecule has 2 rings (SSSR count). The van der Waals surface area contributed by atoms with Gasteiger partial charge in [0.05, 0.1) is 10.6 Å². The summed E-state index contributed by atoms with van der Waals surface area (Å²) >= 11 is 5.89. The molecule has 1 saturated heterocycles. The summed E-state index contributed by atoms with van der Waals surface area (Å²) in [4.78, 5) is 17.7. The third-order valence-electron chi connectivity index (χ3n) is 3.58. The highest BCUT2D eigenvalue weighted by Crippen LogP contribution is 2.24. The van der Waals surface area contributed by atoms with Gasteiger partial charge in [-0.15, -0.1) is 0 Å². The van der Waals surface area contributed by atoms with Gasteiger partial charge in [0, 0.05) is 18.8 Å². The molecule has 0 saturated carbocycles. The molecule has 0 atom stereocenters. The fourth-order valence-corrected chi connectivity index (χ4v) is 2.78. The quantitative estimate of drug-likeness (QED) is 0.874. The van der Waals surface area contributed by atoms with Gasteiger partial charge in [0.2, 0.25) is 0 Å². The average Bonchev–Trinajstić information content (AvgIpc) is 2.46. The number of aromatic carboxylic acids is 1. The van der Waals surface area contributed by atoms with Crippen molar-refractivity contribution in [2.45, 2.75) is 32.2 Å². The fourth-order valence-electron chi connectivity index (χ4n) is 2.59. The Morgan fingerprint density at radius 2 is 2.25 bits per heavy atom. The third-order valence-corrected chi connectivity index (χ3v) is 3.88. The molecule has 0 bridgehead atoms. The van der Waals surface area contributed by atoms with Crippen LogP contribution < -0.4 is 10.2 Å². The Balaban J connectivity index is 2.28. The first-order valence-electron chi connectivity index (χ1n) is 6.99. The fraction of sp³-hybridized carbons (Fsp3) is 0.571. The highest BCUT2D eigenvalue weighted by Gasteiger charge is 2.23. The van der Waals surface area contributed by atoms with Gasteiger partial charge in [0.1, 0.15) is 5.82 Å². The van der Waals surface area contributed by atoms with Crippen LogP contribution >= 0.6 is 11.6 Å². The van der Waals surface area contributed by atoms with Crippen LogP contribution in [-0.4, -0.2) is 41.7 Å². The van der Waals surface area contributed by atoms with Crippen molar-refractivity contribution in [3.63, 3.8) is 0 Å². The summed E-state index contributed by atoms with van der Waals surface area (Å²) in [5.74, 6) is -0.305. The molecular formula is C14H20ClN3O2. The number of nitrogens with zero attached hydrogens (tertiary/aromatic N) is 2. The Hall–Kier alpha value is -1.33. The molecule has 0 unspecified atom stereocenters. The van der Waals surface area contributed by atoms with Crippen molar-refractivity contribution in [1.82, 2.24) is 10.3 Å². The minimum absolute atomic E-state index is 0.117. The van der Waals surface area contributed by atoms with Crippen LogP contribution in [0.15, 0.2) is 12.3 Å². The molecule has 0 aliphatic carbocycles. The van der Waals surface area contributed by atoms with Crippen LogP contribution in [0.25, 0.3) is 0 Å². The van der Waals surface area contributed by atoms with Crippen LogP contribution in [0.2, 0.25) is 5.02 Å². The topological polar surface area (TPSA) is 65.5 Å². The lowest BCUT2D eigenvalue weighted by Crippen LogP contribution is -2.44. The van der Waals surface area contributed by atoms with Crippen LogP contribution in [0.3, 0.4) is 0 Å². The molecule has 20 heavy (non-hydrogen) atoms. The first kappa shape index (κ1) is 15.1. The van der Waals surface area contributed by atoms with E-state index in [1.165, 1.54) is 6.20 Å². The number of carbonyl (C=O) groups is 1. The zero-order valence-electron chi connectivity index (χ0n) is 11.6. The highest BCUT2D eigenvalue weighted by molar-refractivity contribution is 6.33. The van der Waals surface area contributed by atoms with Crippen molar-refractivity contribution in [1.29, 1.82) is 0 Å². The average molecular weight is 298 g/mol. The van der Waals surface area contributed by atoms with E-state index in [9.17, 15) is 9.90 Å². The van der Waals surface area contributed by atoms with Crippen LogP contribution in [0.1, 0.15) is 36.5 Å². The number of aromatic nitrogens is 1. The van der Waals surface area contributed by atoms with Crippen molar-refractivity contribution in [2.75, 3.05) is 24.5 Å². The van der Waals surface area contributed by atoms with Crippen molar-refractivity contribution >= 4 is 23.4 Å². The van der Waals surface area contributed by atoms with Gasteiger partial charge in [-0.2, -0.15) is 0 Å². The smallest absolute Gasteiger partial charge is 0.337 e. The summed E-state index contributed by atoms with van der Waals surface area (Å²) in [5.41, 5.74) is 0.117. The largest absolute Gasteiger partial charge is 0.478 e. The van der Waals surface area contributed by atoms with E-state index in [0.29, 0.717) is 11.9 Å². The number of carboxylic acids is 1. The second-order valence-electron chi connectivity index (χ2n) is 5.00. The number of nitrogens with one attached hydrogen (secondary N) is 1. The van der Waals surface area contributed by atoms with Gasteiger partial charge in [-0.25, -0.2) is 9.78 Å². The van der Waals surface area contributed by atoms with Crippen LogP contribution in [0.5, 0.6) is 0 Å². The zero-order chi connectivity index (χ0) is 14.5. The minimum atomic E-state index is -1.01. The maximum Gasteiger partial charge on any atom is 0.337 e. The standard InChI is InChI=1S/C14H20ClN3O2/c1-2-7-18(10-3-5-16-6-4-10)13-8-11(14(19)20)12(15)9-17-13/h8-10,16H,2-7H2,1H3,(H,19,20). The van der Waals surface area contributed by atoms with Gasteiger partial charge < -0.3 is 15.3 Å². The Kier molecular flexibility index (Phi) is 5.20.